The number of carbonyl (C=O) groups excluding carboxylic acids is 1. The molecule has 6 nitrogen and oxygen atoms in total. The summed E-state index contributed by atoms with van der Waals surface area (Å²) in [4.78, 5) is 24.2. The van der Waals surface area contributed by atoms with Crippen molar-refractivity contribution in [2.75, 3.05) is 11.4 Å². The lowest BCUT2D eigenvalue weighted by atomic mass is 10.2. The van der Waals surface area contributed by atoms with Gasteiger partial charge in [0.1, 0.15) is 12.7 Å². The highest BCUT2D eigenvalue weighted by Gasteiger charge is 2.27. The molecule has 0 bridgehead atoms. The van der Waals surface area contributed by atoms with Gasteiger partial charge in [-0.2, -0.15) is 5.10 Å². The summed E-state index contributed by atoms with van der Waals surface area (Å²) in [5.41, 5.74) is 1.55. The van der Waals surface area contributed by atoms with E-state index >= 15 is 0 Å². The van der Waals surface area contributed by atoms with E-state index in [4.69, 9.17) is 0 Å². The van der Waals surface area contributed by atoms with Crippen molar-refractivity contribution in [3.63, 3.8) is 0 Å². The van der Waals surface area contributed by atoms with Gasteiger partial charge in [-0.3, -0.25) is 4.79 Å². The average molecular weight is 337 g/mol. The van der Waals surface area contributed by atoms with Crippen LogP contribution in [-0.2, 0) is 0 Å². The summed E-state index contributed by atoms with van der Waals surface area (Å²) < 4.78 is 1.54. The molecule has 0 radical (unpaired) electrons. The van der Waals surface area contributed by atoms with Crippen LogP contribution in [0.25, 0.3) is 5.82 Å². The van der Waals surface area contributed by atoms with Crippen LogP contribution in [0.3, 0.4) is 0 Å². The van der Waals surface area contributed by atoms with Crippen LogP contribution >= 0.6 is 11.8 Å². The van der Waals surface area contributed by atoms with Gasteiger partial charge in [-0.1, -0.05) is 19.1 Å². The number of benzene rings is 1. The topological polar surface area (TPSA) is 63.9 Å². The van der Waals surface area contributed by atoms with E-state index in [1.165, 1.54) is 6.33 Å². The number of thioether (sulfide) groups is 1. The summed E-state index contributed by atoms with van der Waals surface area (Å²) >= 11 is 1.80. The molecule has 3 heterocycles. The zero-order valence-corrected chi connectivity index (χ0v) is 13.8. The number of para-hydroxylation sites is 1. The Hall–Kier alpha value is -2.67. The summed E-state index contributed by atoms with van der Waals surface area (Å²) in [6, 6.07) is 11.5. The van der Waals surface area contributed by atoms with Crippen molar-refractivity contribution in [2.24, 2.45) is 0 Å². The number of anilines is 1. The molecule has 0 N–H and O–H groups in total. The number of aromatic nitrogens is 4. The molecule has 1 aliphatic rings. The maximum atomic E-state index is 13.1. The summed E-state index contributed by atoms with van der Waals surface area (Å²) in [6.45, 7) is 2.82. The van der Waals surface area contributed by atoms with Crippen molar-refractivity contribution >= 4 is 23.4 Å². The van der Waals surface area contributed by atoms with Crippen LogP contribution in [-0.4, -0.2) is 37.5 Å². The summed E-state index contributed by atoms with van der Waals surface area (Å²) in [6.07, 6.45) is 4.62. The molecule has 4 rings (SSSR count). The highest BCUT2D eigenvalue weighted by Crippen LogP contribution is 2.38. The van der Waals surface area contributed by atoms with E-state index in [9.17, 15) is 4.79 Å². The Morgan fingerprint density at radius 3 is 3.00 bits per heavy atom. The molecule has 7 heteroatoms. The number of amides is 1. The van der Waals surface area contributed by atoms with Gasteiger partial charge in [0.25, 0.3) is 5.91 Å². The molecule has 1 amide bonds. The van der Waals surface area contributed by atoms with E-state index < -0.39 is 0 Å². The summed E-state index contributed by atoms with van der Waals surface area (Å²) in [5.74, 6) is 0.546. The highest BCUT2D eigenvalue weighted by molar-refractivity contribution is 8.00. The van der Waals surface area contributed by atoms with Crippen LogP contribution in [0.5, 0.6) is 0 Å². The van der Waals surface area contributed by atoms with Crippen LogP contribution in [0.1, 0.15) is 17.3 Å². The molecule has 120 valence electrons. The normalized spacial score (nSPS) is 16.7. The highest BCUT2D eigenvalue weighted by atomic mass is 32.2. The second kappa shape index (κ2) is 6.09. The Balaban J connectivity index is 1.71. The molecule has 0 fully saturated rings. The number of hydrogen-bond donors (Lipinski definition) is 0. The molecule has 0 aliphatic carbocycles. The van der Waals surface area contributed by atoms with Gasteiger partial charge >= 0.3 is 0 Å². The van der Waals surface area contributed by atoms with Crippen molar-refractivity contribution in [3.05, 3.63) is 60.8 Å². The first-order valence-corrected chi connectivity index (χ1v) is 8.49. The third-order valence-corrected chi connectivity index (χ3v) is 4.97. The van der Waals surface area contributed by atoms with Crippen molar-refractivity contribution in [3.8, 4) is 5.82 Å². The molecule has 1 atom stereocenters. The monoisotopic (exact) mass is 337 g/mol. The minimum Gasteiger partial charge on any atom is -0.306 e. The second-order valence-electron chi connectivity index (χ2n) is 5.55. The van der Waals surface area contributed by atoms with E-state index in [2.05, 4.69) is 28.1 Å². The number of nitrogens with zero attached hydrogens (tertiary/aromatic N) is 5. The van der Waals surface area contributed by atoms with E-state index in [0.29, 0.717) is 23.2 Å². The van der Waals surface area contributed by atoms with Crippen LogP contribution < -0.4 is 4.90 Å². The Morgan fingerprint density at radius 2 is 2.17 bits per heavy atom. The number of hydrogen-bond acceptors (Lipinski definition) is 5. The second-order valence-corrected chi connectivity index (χ2v) is 7.03. The minimum absolute atomic E-state index is 0.0293. The molecule has 24 heavy (non-hydrogen) atoms. The molecule has 0 spiro atoms. The predicted molar refractivity (Wildman–Crippen MR) is 92.6 cm³/mol. The van der Waals surface area contributed by atoms with Crippen LogP contribution in [0.4, 0.5) is 5.69 Å². The van der Waals surface area contributed by atoms with Crippen LogP contribution in [0.2, 0.25) is 0 Å². The Kier molecular flexibility index (Phi) is 3.78. The first-order valence-electron chi connectivity index (χ1n) is 7.61. The fourth-order valence-corrected chi connectivity index (χ4v) is 3.85. The number of carbonyl (C=O) groups is 1. The maximum Gasteiger partial charge on any atom is 0.258 e. The lowest BCUT2D eigenvalue weighted by Gasteiger charge is -2.32. The molecular formula is C17H15N5OS. The third-order valence-electron chi connectivity index (χ3n) is 3.81. The molecule has 1 aromatic carbocycles. The SMILES string of the molecule is C[C@H]1CN(C(=O)c2ccnc(-n3cncn3)c2)c2ccccc2S1. The number of pyridine rings is 1. The largest absolute Gasteiger partial charge is 0.306 e. The van der Waals surface area contributed by atoms with Gasteiger partial charge < -0.3 is 4.90 Å². The van der Waals surface area contributed by atoms with Gasteiger partial charge in [-0.15, -0.1) is 11.8 Å². The zero-order chi connectivity index (χ0) is 16.5. The van der Waals surface area contributed by atoms with E-state index in [-0.39, 0.29) is 5.91 Å². The Bertz CT molecular complexity index is 880. The molecular weight excluding hydrogens is 322 g/mol. The molecule has 1 aliphatic heterocycles. The standard InChI is InChI=1S/C17H15N5OS/c1-12-9-21(14-4-2-3-5-15(14)24-12)17(23)13-6-7-19-16(8-13)22-11-18-10-20-22/h2-8,10-12H,9H2,1H3/t12-/m0/s1. The molecule has 0 saturated carbocycles. The van der Waals surface area contributed by atoms with E-state index in [1.807, 2.05) is 23.1 Å². The number of fused-ring (bicyclic) bond motifs is 1. The van der Waals surface area contributed by atoms with Gasteiger partial charge in [0.15, 0.2) is 5.82 Å². The smallest absolute Gasteiger partial charge is 0.258 e. The third kappa shape index (κ3) is 2.67. The van der Waals surface area contributed by atoms with Crippen molar-refractivity contribution in [2.45, 2.75) is 17.1 Å². The van der Waals surface area contributed by atoms with Gasteiger partial charge in [-0.25, -0.2) is 14.6 Å². The van der Waals surface area contributed by atoms with Crippen molar-refractivity contribution in [1.29, 1.82) is 0 Å². The van der Waals surface area contributed by atoms with Gasteiger partial charge in [0.05, 0.1) is 5.69 Å². The Morgan fingerprint density at radius 1 is 1.29 bits per heavy atom. The fourth-order valence-electron chi connectivity index (χ4n) is 2.74. The van der Waals surface area contributed by atoms with Crippen molar-refractivity contribution < 1.29 is 4.79 Å². The fraction of sp³-hybridized carbons (Fsp3) is 0.176. The lowest BCUT2D eigenvalue weighted by Crippen LogP contribution is -2.38. The van der Waals surface area contributed by atoms with Gasteiger partial charge in [-0.05, 0) is 24.3 Å². The molecule has 2 aromatic heterocycles. The van der Waals surface area contributed by atoms with E-state index in [1.54, 1.807) is 41.1 Å². The average Bonchev–Trinajstić information content (AvgIpc) is 3.15. The molecule has 0 saturated heterocycles. The maximum absolute atomic E-state index is 13.1. The minimum atomic E-state index is -0.0293. The predicted octanol–water partition coefficient (Wildman–Crippen LogP) is 2.80. The number of rotatable bonds is 2. The molecule has 3 aromatic rings. The van der Waals surface area contributed by atoms with Crippen LogP contribution in [0.15, 0.2) is 60.1 Å². The Labute approximate surface area is 143 Å². The van der Waals surface area contributed by atoms with Gasteiger partial charge in [0, 0.05) is 28.5 Å². The summed E-state index contributed by atoms with van der Waals surface area (Å²) in [5, 5.41) is 4.41. The first-order chi connectivity index (χ1) is 11.7. The first kappa shape index (κ1) is 14.9. The quantitative estimate of drug-likeness (QED) is 0.719. The van der Waals surface area contributed by atoms with E-state index in [0.717, 1.165) is 10.6 Å². The molecule has 0 unspecified atom stereocenters. The summed E-state index contributed by atoms with van der Waals surface area (Å²) in [7, 11) is 0. The van der Waals surface area contributed by atoms with Gasteiger partial charge in [0.2, 0.25) is 0 Å². The van der Waals surface area contributed by atoms with Crippen LogP contribution in [0, 0.1) is 0 Å². The zero-order valence-electron chi connectivity index (χ0n) is 13.0. The van der Waals surface area contributed by atoms with Crippen molar-refractivity contribution in [1.82, 2.24) is 19.7 Å². The lowest BCUT2D eigenvalue weighted by molar-refractivity contribution is 0.0986.